The highest BCUT2D eigenvalue weighted by Gasteiger charge is 2.32. The zero-order chi connectivity index (χ0) is 15.0. The van der Waals surface area contributed by atoms with E-state index in [4.69, 9.17) is 4.74 Å². The number of amides is 1. The predicted octanol–water partition coefficient (Wildman–Crippen LogP) is 0.743. The first-order chi connectivity index (χ1) is 10.1. The number of Topliss-reactive ketones (excluding diaryl/α,β-unsaturated/α-hetero) is 1. The van der Waals surface area contributed by atoms with Gasteiger partial charge in [0.15, 0.2) is 0 Å². The molecule has 6 heteroatoms. The van der Waals surface area contributed by atoms with Gasteiger partial charge in [-0.3, -0.25) is 19.3 Å². The van der Waals surface area contributed by atoms with Gasteiger partial charge in [-0.2, -0.15) is 0 Å². The number of anilines is 1. The van der Waals surface area contributed by atoms with E-state index < -0.39 is 11.7 Å². The quantitative estimate of drug-likeness (QED) is 0.656. The van der Waals surface area contributed by atoms with Crippen molar-refractivity contribution in [2.24, 2.45) is 0 Å². The molecular formula is C15H16N2O4. The zero-order valence-electron chi connectivity index (χ0n) is 11.8. The van der Waals surface area contributed by atoms with Crippen molar-refractivity contribution in [2.45, 2.75) is 19.9 Å². The fourth-order valence-electron chi connectivity index (χ4n) is 2.86. The van der Waals surface area contributed by atoms with Crippen LogP contribution in [-0.2, 0) is 27.3 Å². The number of esters is 1. The Morgan fingerprint density at radius 1 is 1.38 bits per heavy atom. The lowest BCUT2D eigenvalue weighted by Crippen LogP contribution is -2.35. The van der Waals surface area contributed by atoms with Gasteiger partial charge in [-0.25, -0.2) is 0 Å². The molecule has 1 aromatic rings. The molecule has 3 rings (SSSR count). The molecule has 0 spiro atoms. The summed E-state index contributed by atoms with van der Waals surface area (Å²) >= 11 is 0. The molecule has 0 saturated heterocycles. The Kier molecular flexibility index (Phi) is 3.47. The average molecular weight is 288 g/mol. The summed E-state index contributed by atoms with van der Waals surface area (Å²) in [6.45, 7) is 3.74. The van der Waals surface area contributed by atoms with Crippen molar-refractivity contribution in [1.29, 1.82) is 0 Å². The highest BCUT2D eigenvalue weighted by molar-refractivity contribution is 6.51. The maximum Gasteiger partial charge on any atom is 0.320 e. The van der Waals surface area contributed by atoms with Gasteiger partial charge in [0.1, 0.15) is 0 Å². The molecule has 110 valence electrons. The largest absolute Gasteiger partial charge is 0.465 e. The van der Waals surface area contributed by atoms with Crippen LogP contribution >= 0.6 is 0 Å². The van der Waals surface area contributed by atoms with Gasteiger partial charge >= 0.3 is 5.97 Å². The third kappa shape index (κ3) is 2.42. The van der Waals surface area contributed by atoms with E-state index in [-0.39, 0.29) is 12.5 Å². The zero-order valence-corrected chi connectivity index (χ0v) is 11.8. The number of ether oxygens (including phenoxy) is 1. The number of ketones is 1. The second-order valence-electron chi connectivity index (χ2n) is 5.17. The molecule has 2 aliphatic rings. The molecule has 0 radical (unpaired) electrons. The Labute approximate surface area is 122 Å². The summed E-state index contributed by atoms with van der Waals surface area (Å²) in [5, 5.41) is 2.65. The van der Waals surface area contributed by atoms with Crippen molar-refractivity contribution in [3.05, 3.63) is 28.8 Å². The Morgan fingerprint density at radius 3 is 2.95 bits per heavy atom. The number of benzene rings is 1. The van der Waals surface area contributed by atoms with Gasteiger partial charge in [0.05, 0.1) is 24.4 Å². The Hall–Kier alpha value is -2.21. The van der Waals surface area contributed by atoms with Gasteiger partial charge in [-0.15, -0.1) is 0 Å². The standard InChI is InChI=1S/C15H16N2O4/c1-2-21-12(18)8-17-6-5-10-9(7-17)3-4-11-13(10)16-15(20)14(11)19/h3-4H,2,5-8H2,1H3,(H,16,19,20). The minimum atomic E-state index is -0.563. The molecule has 1 amide bonds. The summed E-state index contributed by atoms with van der Waals surface area (Å²) in [5.41, 5.74) is 3.15. The SMILES string of the molecule is CCOC(=O)CN1CCc2c(ccc3c2NC(=O)C3=O)C1. The van der Waals surface area contributed by atoms with Gasteiger partial charge in [0.25, 0.3) is 11.7 Å². The van der Waals surface area contributed by atoms with Crippen LogP contribution in [-0.4, -0.2) is 42.3 Å². The molecule has 0 unspecified atom stereocenters. The molecule has 2 aliphatic heterocycles. The van der Waals surface area contributed by atoms with Crippen molar-refractivity contribution in [3.8, 4) is 0 Å². The number of nitrogens with one attached hydrogen (secondary N) is 1. The minimum Gasteiger partial charge on any atom is -0.465 e. The summed E-state index contributed by atoms with van der Waals surface area (Å²) in [6.07, 6.45) is 0.700. The normalized spacial score (nSPS) is 17.2. The van der Waals surface area contributed by atoms with E-state index in [0.717, 1.165) is 11.1 Å². The number of carbonyl (C=O) groups is 3. The molecule has 1 aromatic carbocycles. The fourth-order valence-corrected chi connectivity index (χ4v) is 2.86. The molecule has 6 nitrogen and oxygen atoms in total. The van der Waals surface area contributed by atoms with Gasteiger partial charge in [-0.05, 0) is 30.5 Å². The van der Waals surface area contributed by atoms with Gasteiger partial charge in [0.2, 0.25) is 0 Å². The molecule has 2 heterocycles. The van der Waals surface area contributed by atoms with Crippen molar-refractivity contribution in [2.75, 3.05) is 25.0 Å². The molecule has 0 fully saturated rings. The third-order valence-electron chi connectivity index (χ3n) is 3.83. The highest BCUT2D eigenvalue weighted by Crippen LogP contribution is 2.33. The Morgan fingerprint density at radius 2 is 2.19 bits per heavy atom. The summed E-state index contributed by atoms with van der Waals surface area (Å²) in [7, 11) is 0. The summed E-state index contributed by atoms with van der Waals surface area (Å²) in [4.78, 5) is 36.7. The van der Waals surface area contributed by atoms with E-state index in [1.165, 1.54) is 0 Å². The summed E-state index contributed by atoms with van der Waals surface area (Å²) in [6, 6.07) is 3.55. The van der Waals surface area contributed by atoms with Crippen LogP contribution in [0.5, 0.6) is 0 Å². The Balaban J connectivity index is 1.80. The van der Waals surface area contributed by atoms with Crippen LogP contribution in [0.4, 0.5) is 5.69 Å². The maximum atomic E-state index is 11.7. The van der Waals surface area contributed by atoms with Crippen LogP contribution in [0.3, 0.4) is 0 Å². The second kappa shape index (κ2) is 5.29. The van der Waals surface area contributed by atoms with Crippen LogP contribution in [0.25, 0.3) is 0 Å². The van der Waals surface area contributed by atoms with E-state index in [1.807, 2.05) is 11.0 Å². The first kappa shape index (κ1) is 13.8. The fraction of sp³-hybridized carbons (Fsp3) is 0.400. The predicted molar refractivity (Wildman–Crippen MR) is 75.0 cm³/mol. The lowest BCUT2D eigenvalue weighted by atomic mass is 9.95. The molecule has 0 saturated carbocycles. The van der Waals surface area contributed by atoms with Crippen molar-refractivity contribution in [3.63, 3.8) is 0 Å². The van der Waals surface area contributed by atoms with Crippen molar-refractivity contribution >= 4 is 23.3 Å². The molecule has 21 heavy (non-hydrogen) atoms. The van der Waals surface area contributed by atoms with Gasteiger partial charge in [0, 0.05) is 13.1 Å². The first-order valence-electron chi connectivity index (χ1n) is 6.98. The number of rotatable bonds is 3. The maximum absolute atomic E-state index is 11.7. The van der Waals surface area contributed by atoms with E-state index in [2.05, 4.69) is 5.32 Å². The molecular weight excluding hydrogens is 272 g/mol. The molecule has 0 atom stereocenters. The topological polar surface area (TPSA) is 75.7 Å². The van der Waals surface area contributed by atoms with Gasteiger partial charge in [-0.1, -0.05) is 6.07 Å². The van der Waals surface area contributed by atoms with E-state index in [9.17, 15) is 14.4 Å². The van der Waals surface area contributed by atoms with Crippen molar-refractivity contribution in [1.82, 2.24) is 4.90 Å². The third-order valence-corrected chi connectivity index (χ3v) is 3.83. The number of fused-ring (bicyclic) bond motifs is 3. The smallest absolute Gasteiger partial charge is 0.320 e. The Bertz CT molecular complexity index is 639. The number of hydrogen-bond acceptors (Lipinski definition) is 5. The van der Waals surface area contributed by atoms with Crippen LogP contribution < -0.4 is 5.32 Å². The monoisotopic (exact) mass is 288 g/mol. The van der Waals surface area contributed by atoms with E-state index in [0.29, 0.717) is 37.4 Å². The van der Waals surface area contributed by atoms with Gasteiger partial charge < -0.3 is 10.1 Å². The van der Waals surface area contributed by atoms with E-state index >= 15 is 0 Å². The number of hydrogen-bond donors (Lipinski definition) is 1. The van der Waals surface area contributed by atoms with Crippen LogP contribution in [0.2, 0.25) is 0 Å². The minimum absolute atomic E-state index is 0.231. The molecule has 0 aliphatic carbocycles. The highest BCUT2D eigenvalue weighted by atomic mass is 16.5. The average Bonchev–Trinajstić information content (AvgIpc) is 2.74. The van der Waals surface area contributed by atoms with Crippen molar-refractivity contribution < 1.29 is 19.1 Å². The molecule has 0 aromatic heterocycles. The number of carbonyl (C=O) groups excluding carboxylic acids is 3. The first-order valence-corrected chi connectivity index (χ1v) is 6.98. The molecule has 1 N–H and O–H groups in total. The summed E-state index contributed by atoms with van der Waals surface area (Å²) < 4.78 is 4.95. The summed E-state index contributed by atoms with van der Waals surface area (Å²) in [5.74, 6) is -1.26. The lowest BCUT2D eigenvalue weighted by molar-refractivity contribution is -0.144. The number of nitrogens with zero attached hydrogens (tertiary/aromatic N) is 1. The lowest BCUT2D eigenvalue weighted by Gasteiger charge is -2.28. The second-order valence-corrected chi connectivity index (χ2v) is 5.17. The van der Waals surface area contributed by atoms with Crippen LogP contribution in [0, 0.1) is 0 Å². The van der Waals surface area contributed by atoms with Crippen LogP contribution in [0.1, 0.15) is 28.4 Å². The molecule has 0 bridgehead atoms. The van der Waals surface area contributed by atoms with E-state index in [1.54, 1.807) is 13.0 Å². The van der Waals surface area contributed by atoms with Crippen LogP contribution in [0.15, 0.2) is 12.1 Å².